The van der Waals surface area contributed by atoms with Crippen molar-refractivity contribution in [2.24, 2.45) is 0 Å². The molecule has 9 nitrogen and oxygen atoms in total. The molecular weight excluding hydrogens is 875 g/mol. The fourth-order valence-corrected chi connectivity index (χ4v) is 9.64. The van der Waals surface area contributed by atoms with Crippen molar-refractivity contribution in [1.82, 2.24) is 5.32 Å². The van der Waals surface area contributed by atoms with Gasteiger partial charge in [0.25, 0.3) is 0 Å². The molecule has 0 aromatic heterocycles. The van der Waals surface area contributed by atoms with Crippen molar-refractivity contribution in [2.75, 3.05) is 13.2 Å². The Labute approximate surface area is 431 Å². The van der Waals surface area contributed by atoms with E-state index < -0.39 is 49.5 Å². The fourth-order valence-electron chi connectivity index (χ4n) is 9.64. The Hall–Kier alpha value is -1.59. The molecule has 0 spiro atoms. The molecule has 0 radical (unpaired) electrons. The summed E-state index contributed by atoms with van der Waals surface area (Å²) in [6, 6.07) is -0.820. The van der Waals surface area contributed by atoms with Crippen LogP contribution in [0.5, 0.6) is 0 Å². The normalized spacial score (nSPS) is 19.6. The molecule has 1 amide bonds. The van der Waals surface area contributed by atoms with Crippen LogP contribution in [0, 0.1) is 0 Å². The van der Waals surface area contributed by atoms with Crippen LogP contribution in [0.15, 0.2) is 36.5 Å². The Morgan fingerprint density at radius 2 is 0.814 bits per heavy atom. The lowest BCUT2D eigenvalue weighted by molar-refractivity contribution is -0.302. The summed E-state index contributed by atoms with van der Waals surface area (Å²) in [5.74, 6) is -0.183. The lowest BCUT2D eigenvalue weighted by atomic mass is 9.99. The zero-order valence-electron chi connectivity index (χ0n) is 45.8. The van der Waals surface area contributed by atoms with Gasteiger partial charge >= 0.3 is 0 Å². The largest absolute Gasteiger partial charge is 0.394 e. The molecule has 0 saturated carbocycles. The summed E-state index contributed by atoms with van der Waals surface area (Å²) < 4.78 is 11.2. The van der Waals surface area contributed by atoms with Gasteiger partial charge in [0.2, 0.25) is 5.91 Å². The zero-order chi connectivity index (χ0) is 50.8. The van der Waals surface area contributed by atoms with Gasteiger partial charge in [0.15, 0.2) is 6.29 Å². The molecule has 0 aromatic carbocycles. The molecule has 1 fully saturated rings. The second-order valence-electron chi connectivity index (χ2n) is 21.1. The maximum Gasteiger partial charge on any atom is 0.220 e. The van der Waals surface area contributed by atoms with E-state index in [2.05, 4.69) is 43.5 Å². The minimum atomic E-state index is -1.57. The third-order valence-electron chi connectivity index (χ3n) is 14.4. The number of carbonyl (C=O) groups excluding carboxylic acids is 1. The Bertz CT molecular complexity index is 1190. The predicted octanol–water partition coefficient (Wildman–Crippen LogP) is 15.1. The SMILES string of the molecule is CCCCCCCCCC/C=C/CC/C=C/C(O)C(COC1OC(CO)C(O)C(O)C1O)NC(=O)CCCCCCCCCCCCCCCCCCC/C=C\CCCCCCCCCCCCCC. The molecule has 0 bridgehead atoms. The highest BCUT2D eigenvalue weighted by Gasteiger charge is 2.44. The summed E-state index contributed by atoms with van der Waals surface area (Å²) in [6.45, 7) is 3.78. The van der Waals surface area contributed by atoms with Gasteiger partial charge in [-0.15, -0.1) is 0 Å². The van der Waals surface area contributed by atoms with Gasteiger partial charge in [0, 0.05) is 6.42 Å². The number of nitrogens with one attached hydrogen (secondary N) is 1. The molecular formula is C61H115NO8. The summed E-state index contributed by atoms with van der Waals surface area (Å²) in [5, 5.41) is 54.4. The highest BCUT2D eigenvalue weighted by molar-refractivity contribution is 5.76. The standard InChI is InChI=1S/C61H115NO8/c1-3-5-7-9-11-13-15-17-19-20-21-22-23-24-25-26-27-28-29-30-31-32-33-34-35-36-37-39-41-43-45-47-49-51-57(65)62-54(53-69-61-60(68)59(67)58(66)56(52-63)70-61)55(64)50-48-46-44-42-40-38-18-16-14-12-10-8-6-4-2/h24-25,40,42,48,50,54-56,58-61,63-64,66-68H,3-23,26-39,41,43-47,49,51-53H2,1-2H3,(H,62,65)/b25-24-,42-40+,50-48+. The van der Waals surface area contributed by atoms with Gasteiger partial charge in [-0.1, -0.05) is 262 Å². The maximum absolute atomic E-state index is 13.0. The molecule has 7 atom stereocenters. The van der Waals surface area contributed by atoms with Gasteiger partial charge in [-0.05, 0) is 57.8 Å². The first kappa shape index (κ1) is 66.4. The van der Waals surface area contributed by atoms with Gasteiger partial charge in [0.05, 0.1) is 25.4 Å². The Balaban J connectivity index is 2.11. The predicted molar refractivity (Wildman–Crippen MR) is 295 cm³/mol. The Morgan fingerprint density at radius 3 is 1.20 bits per heavy atom. The second-order valence-corrected chi connectivity index (χ2v) is 21.1. The molecule has 1 aliphatic rings. The number of unbranched alkanes of at least 4 members (excludes halogenated alkanes) is 38. The van der Waals surface area contributed by atoms with Gasteiger partial charge in [-0.3, -0.25) is 4.79 Å². The van der Waals surface area contributed by atoms with Crippen molar-refractivity contribution in [1.29, 1.82) is 0 Å². The molecule has 6 N–H and O–H groups in total. The molecule has 1 rings (SSSR count). The molecule has 1 aliphatic heterocycles. The summed E-state index contributed by atoms with van der Waals surface area (Å²) in [5.41, 5.74) is 0. The molecule has 1 saturated heterocycles. The van der Waals surface area contributed by atoms with E-state index in [4.69, 9.17) is 9.47 Å². The number of amides is 1. The summed E-state index contributed by atoms with van der Waals surface area (Å²) in [7, 11) is 0. The molecule has 0 aliphatic carbocycles. The highest BCUT2D eigenvalue weighted by Crippen LogP contribution is 2.23. The lowest BCUT2D eigenvalue weighted by Gasteiger charge is -2.40. The second kappa shape index (κ2) is 50.9. The van der Waals surface area contributed by atoms with Crippen LogP contribution in [-0.4, -0.2) is 87.5 Å². The third kappa shape index (κ3) is 39.9. The van der Waals surface area contributed by atoms with Crippen molar-refractivity contribution in [3.63, 3.8) is 0 Å². The molecule has 70 heavy (non-hydrogen) atoms. The van der Waals surface area contributed by atoms with Crippen molar-refractivity contribution in [2.45, 2.75) is 333 Å². The van der Waals surface area contributed by atoms with Crippen LogP contribution in [-0.2, 0) is 14.3 Å². The zero-order valence-corrected chi connectivity index (χ0v) is 45.8. The minimum absolute atomic E-state index is 0.183. The van der Waals surface area contributed by atoms with Gasteiger partial charge in [-0.25, -0.2) is 0 Å². The summed E-state index contributed by atoms with van der Waals surface area (Å²) in [4.78, 5) is 13.0. The van der Waals surface area contributed by atoms with E-state index in [1.165, 1.54) is 231 Å². The third-order valence-corrected chi connectivity index (χ3v) is 14.4. The quantitative estimate of drug-likeness (QED) is 0.0261. The number of aliphatic hydroxyl groups excluding tert-OH is 5. The van der Waals surface area contributed by atoms with E-state index in [0.29, 0.717) is 6.42 Å². The van der Waals surface area contributed by atoms with Gasteiger partial charge < -0.3 is 40.3 Å². The van der Waals surface area contributed by atoms with E-state index in [-0.39, 0.29) is 12.5 Å². The van der Waals surface area contributed by atoms with E-state index in [0.717, 1.165) is 38.5 Å². The van der Waals surface area contributed by atoms with Gasteiger partial charge in [-0.2, -0.15) is 0 Å². The number of allylic oxidation sites excluding steroid dienone is 5. The summed E-state index contributed by atoms with van der Waals surface area (Å²) in [6.07, 6.45) is 59.5. The van der Waals surface area contributed by atoms with Crippen LogP contribution in [0.25, 0.3) is 0 Å². The van der Waals surface area contributed by atoms with Crippen LogP contribution >= 0.6 is 0 Å². The van der Waals surface area contributed by atoms with Crippen molar-refractivity contribution in [3.8, 4) is 0 Å². The average molecular weight is 991 g/mol. The first-order valence-corrected chi connectivity index (χ1v) is 30.2. The number of hydrogen-bond acceptors (Lipinski definition) is 8. The van der Waals surface area contributed by atoms with Gasteiger partial charge in [0.1, 0.15) is 24.4 Å². The summed E-state index contributed by atoms with van der Waals surface area (Å²) >= 11 is 0. The first-order valence-electron chi connectivity index (χ1n) is 30.2. The van der Waals surface area contributed by atoms with Crippen LogP contribution < -0.4 is 5.32 Å². The molecule has 412 valence electrons. The van der Waals surface area contributed by atoms with Crippen LogP contribution in [0.4, 0.5) is 0 Å². The van der Waals surface area contributed by atoms with E-state index in [1.54, 1.807) is 6.08 Å². The number of hydrogen-bond donors (Lipinski definition) is 6. The molecule has 7 unspecified atom stereocenters. The van der Waals surface area contributed by atoms with Crippen LogP contribution in [0.3, 0.4) is 0 Å². The number of carbonyl (C=O) groups is 1. The number of rotatable bonds is 52. The molecule has 0 aromatic rings. The highest BCUT2D eigenvalue weighted by atomic mass is 16.7. The maximum atomic E-state index is 13.0. The minimum Gasteiger partial charge on any atom is -0.394 e. The van der Waals surface area contributed by atoms with E-state index in [9.17, 15) is 30.3 Å². The van der Waals surface area contributed by atoms with E-state index >= 15 is 0 Å². The smallest absolute Gasteiger partial charge is 0.220 e. The van der Waals surface area contributed by atoms with Crippen LogP contribution in [0.1, 0.15) is 290 Å². The average Bonchev–Trinajstić information content (AvgIpc) is 3.36. The van der Waals surface area contributed by atoms with Crippen molar-refractivity contribution in [3.05, 3.63) is 36.5 Å². The van der Waals surface area contributed by atoms with E-state index in [1.807, 2.05) is 6.08 Å². The number of ether oxygens (including phenoxy) is 2. The Kier molecular flexibility index (Phi) is 48.3. The first-order chi connectivity index (χ1) is 34.3. The molecule has 1 heterocycles. The monoisotopic (exact) mass is 990 g/mol. The topological polar surface area (TPSA) is 149 Å². The Morgan fingerprint density at radius 1 is 0.471 bits per heavy atom. The van der Waals surface area contributed by atoms with Crippen molar-refractivity contribution < 1.29 is 39.8 Å². The fraction of sp³-hybridized carbons (Fsp3) is 0.885. The molecule has 9 heteroatoms. The lowest BCUT2D eigenvalue weighted by Crippen LogP contribution is -2.60. The van der Waals surface area contributed by atoms with Crippen LogP contribution in [0.2, 0.25) is 0 Å². The number of aliphatic hydroxyl groups is 5. The van der Waals surface area contributed by atoms with Crippen molar-refractivity contribution >= 4 is 5.91 Å².